The smallest absolute Gasteiger partial charge is 0.235 e. The monoisotopic (exact) mass is 382 g/mol. The van der Waals surface area contributed by atoms with E-state index in [1.165, 1.54) is 0 Å². The Balaban J connectivity index is 2.49. The van der Waals surface area contributed by atoms with Crippen LogP contribution in [0.1, 0.15) is 49.8 Å². The summed E-state index contributed by atoms with van der Waals surface area (Å²) in [6.45, 7) is 9.58. The molecule has 7 heteroatoms. The summed E-state index contributed by atoms with van der Waals surface area (Å²) in [5, 5.41) is 5.49. The Morgan fingerprint density at radius 3 is 2.19 bits per heavy atom. The minimum Gasteiger partial charge on any atom is -0.353 e. The Labute approximate surface area is 156 Å². The fourth-order valence-corrected chi connectivity index (χ4v) is 3.93. The summed E-state index contributed by atoms with van der Waals surface area (Å²) in [5.41, 5.74) is 3.85. The Bertz CT molecular complexity index is 734. The van der Waals surface area contributed by atoms with Crippen molar-refractivity contribution in [3.8, 4) is 0 Å². The summed E-state index contributed by atoms with van der Waals surface area (Å²) < 4.78 is 24.0. The summed E-state index contributed by atoms with van der Waals surface area (Å²) in [5.74, 6) is -1.43. The molecule has 1 atom stereocenters. The number of hydrogen-bond acceptors (Lipinski definition) is 4. The van der Waals surface area contributed by atoms with Gasteiger partial charge in [0.2, 0.25) is 11.8 Å². The van der Waals surface area contributed by atoms with E-state index in [2.05, 4.69) is 10.6 Å². The molecule has 0 aliphatic carbocycles. The number of nitrogens with one attached hydrogen (secondary N) is 2. The fourth-order valence-electron chi connectivity index (χ4n) is 2.72. The molecule has 0 aliphatic heterocycles. The molecule has 1 rings (SSSR count). The largest absolute Gasteiger partial charge is 0.353 e. The number of benzene rings is 1. The normalized spacial score (nSPS) is 12.5. The van der Waals surface area contributed by atoms with Crippen LogP contribution in [0.3, 0.4) is 0 Å². The van der Waals surface area contributed by atoms with Gasteiger partial charge in [-0.25, -0.2) is 8.42 Å². The van der Waals surface area contributed by atoms with Gasteiger partial charge in [-0.15, -0.1) is 0 Å². The van der Waals surface area contributed by atoms with Crippen LogP contribution in [0.25, 0.3) is 0 Å². The first kappa shape index (κ1) is 22.2. The third kappa shape index (κ3) is 7.56. The third-order valence-corrected chi connectivity index (χ3v) is 5.78. The molecule has 0 aliphatic rings. The highest BCUT2D eigenvalue weighted by atomic mass is 32.2. The topological polar surface area (TPSA) is 92.3 Å². The molecule has 0 radical (unpaired) electrons. The lowest BCUT2D eigenvalue weighted by Gasteiger charge is -2.13. The average Bonchev–Trinajstić information content (AvgIpc) is 2.49. The molecule has 1 aromatic rings. The van der Waals surface area contributed by atoms with E-state index in [4.69, 9.17) is 0 Å². The zero-order valence-electron chi connectivity index (χ0n) is 16.3. The first-order valence-corrected chi connectivity index (χ1v) is 10.7. The molecule has 0 aromatic heterocycles. The van der Waals surface area contributed by atoms with Gasteiger partial charge in [-0.1, -0.05) is 24.6 Å². The first-order chi connectivity index (χ1) is 12.0. The first-order valence-electron chi connectivity index (χ1n) is 8.91. The van der Waals surface area contributed by atoms with Crippen LogP contribution in [0, 0.1) is 20.8 Å². The maximum absolute atomic E-state index is 12.1. The van der Waals surface area contributed by atoms with Crippen molar-refractivity contribution in [2.24, 2.45) is 0 Å². The maximum atomic E-state index is 12.1. The second-order valence-corrected chi connectivity index (χ2v) is 9.08. The van der Waals surface area contributed by atoms with Gasteiger partial charge in [0, 0.05) is 18.2 Å². The number of hydrogen-bond donors (Lipinski definition) is 2. The number of carbonyl (C=O) groups is 2. The number of carbonyl (C=O) groups excluding carboxylic acids is 2. The van der Waals surface area contributed by atoms with Crippen molar-refractivity contribution in [1.82, 2.24) is 5.32 Å². The predicted molar refractivity (Wildman–Crippen MR) is 105 cm³/mol. The van der Waals surface area contributed by atoms with E-state index in [1.807, 2.05) is 46.8 Å². The molecule has 0 bridgehead atoms. The van der Waals surface area contributed by atoms with Crippen LogP contribution >= 0.6 is 0 Å². The molecule has 2 N–H and O–H groups in total. The molecular formula is C19H30N2O4S. The lowest BCUT2D eigenvalue weighted by molar-refractivity contribution is -0.119. The Morgan fingerprint density at radius 1 is 1.08 bits per heavy atom. The number of amides is 2. The maximum Gasteiger partial charge on any atom is 0.235 e. The minimum absolute atomic E-state index is 0.0514. The fraction of sp³-hybridized carbons (Fsp3) is 0.579. The molecule has 0 spiro atoms. The van der Waals surface area contributed by atoms with Gasteiger partial charge in [0.1, 0.15) is 5.75 Å². The van der Waals surface area contributed by atoms with E-state index in [0.717, 1.165) is 28.8 Å². The van der Waals surface area contributed by atoms with E-state index in [9.17, 15) is 18.0 Å². The molecule has 0 saturated carbocycles. The molecular weight excluding hydrogens is 352 g/mol. The van der Waals surface area contributed by atoms with E-state index >= 15 is 0 Å². The van der Waals surface area contributed by atoms with Gasteiger partial charge < -0.3 is 10.6 Å². The van der Waals surface area contributed by atoms with Crippen molar-refractivity contribution in [2.75, 3.05) is 16.8 Å². The minimum atomic E-state index is -3.52. The van der Waals surface area contributed by atoms with Crippen molar-refractivity contribution < 1.29 is 18.0 Å². The standard InChI is InChI=1S/C19H30N2O4S/c1-6-16(5)20-18(23)12-26(24,25)9-7-8-17(22)21-19-14(3)10-13(2)11-15(19)4/h10-11,16H,6-9,12H2,1-5H3,(H,20,23)(H,21,22)/t16-/m0/s1. The lowest BCUT2D eigenvalue weighted by Crippen LogP contribution is -2.37. The summed E-state index contributed by atoms with van der Waals surface area (Å²) in [6, 6.07) is 3.93. The highest BCUT2D eigenvalue weighted by Crippen LogP contribution is 2.22. The van der Waals surface area contributed by atoms with Gasteiger partial charge in [0.15, 0.2) is 9.84 Å². The molecule has 0 saturated heterocycles. The van der Waals surface area contributed by atoms with E-state index < -0.39 is 21.5 Å². The zero-order valence-corrected chi connectivity index (χ0v) is 17.1. The van der Waals surface area contributed by atoms with Crippen LogP contribution in [-0.2, 0) is 19.4 Å². The van der Waals surface area contributed by atoms with Crippen molar-refractivity contribution >= 4 is 27.3 Å². The van der Waals surface area contributed by atoms with Crippen molar-refractivity contribution in [2.45, 2.75) is 59.9 Å². The average molecular weight is 383 g/mol. The summed E-state index contributed by atoms with van der Waals surface area (Å²) in [4.78, 5) is 23.8. The molecule has 6 nitrogen and oxygen atoms in total. The van der Waals surface area contributed by atoms with Gasteiger partial charge in [-0.3, -0.25) is 9.59 Å². The van der Waals surface area contributed by atoms with Gasteiger partial charge in [0.05, 0.1) is 5.75 Å². The predicted octanol–water partition coefficient (Wildman–Crippen LogP) is 2.66. The van der Waals surface area contributed by atoms with E-state index in [1.54, 1.807) is 0 Å². The van der Waals surface area contributed by atoms with Crippen LogP contribution in [-0.4, -0.2) is 37.8 Å². The highest BCUT2D eigenvalue weighted by Gasteiger charge is 2.18. The Kier molecular flexibility index (Phi) is 8.27. The van der Waals surface area contributed by atoms with Gasteiger partial charge >= 0.3 is 0 Å². The van der Waals surface area contributed by atoms with E-state index in [0.29, 0.717) is 0 Å². The number of anilines is 1. The summed E-state index contributed by atoms with van der Waals surface area (Å²) in [6.07, 6.45) is 1.03. The summed E-state index contributed by atoms with van der Waals surface area (Å²) in [7, 11) is -3.52. The third-order valence-electron chi connectivity index (χ3n) is 4.17. The molecule has 26 heavy (non-hydrogen) atoms. The zero-order chi connectivity index (χ0) is 19.9. The van der Waals surface area contributed by atoms with Crippen molar-refractivity contribution in [3.63, 3.8) is 0 Å². The second-order valence-electron chi connectivity index (χ2n) is 6.89. The van der Waals surface area contributed by atoms with Crippen LogP contribution in [0.5, 0.6) is 0 Å². The van der Waals surface area contributed by atoms with Crippen LogP contribution < -0.4 is 10.6 Å². The number of aryl methyl sites for hydroxylation is 3. The van der Waals surface area contributed by atoms with Crippen molar-refractivity contribution in [3.05, 3.63) is 28.8 Å². The van der Waals surface area contributed by atoms with Gasteiger partial charge in [-0.2, -0.15) is 0 Å². The number of sulfone groups is 1. The molecule has 0 heterocycles. The number of rotatable bonds is 9. The second kappa shape index (κ2) is 9.71. The Hall–Kier alpha value is -1.89. The lowest BCUT2D eigenvalue weighted by atomic mass is 10.0. The summed E-state index contributed by atoms with van der Waals surface area (Å²) >= 11 is 0. The molecule has 2 amide bonds. The quantitative estimate of drug-likeness (QED) is 0.687. The SMILES string of the molecule is CC[C@H](C)NC(=O)CS(=O)(=O)CCCC(=O)Nc1c(C)cc(C)cc1C. The molecule has 0 fully saturated rings. The van der Waals surface area contributed by atoms with Crippen molar-refractivity contribution in [1.29, 1.82) is 0 Å². The van der Waals surface area contributed by atoms with Crippen LogP contribution in [0.4, 0.5) is 5.69 Å². The molecule has 146 valence electrons. The van der Waals surface area contributed by atoms with Gasteiger partial charge in [0.25, 0.3) is 0 Å². The van der Waals surface area contributed by atoms with Crippen LogP contribution in [0.15, 0.2) is 12.1 Å². The molecule has 0 unspecified atom stereocenters. The highest BCUT2D eigenvalue weighted by molar-refractivity contribution is 7.92. The molecule has 1 aromatic carbocycles. The van der Waals surface area contributed by atoms with Crippen LogP contribution in [0.2, 0.25) is 0 Å². The Morgan fingerprint density at radius 2 is 1.65 bits per heavy atom. The van der Waals surface area contributed by atoms with Gasteiger partial charge in [-0.05, 0) is 51.7 Å². The van der Waals surface area contributed by atoms with E-state index in [-0.39, 0.29) is 30.5 Å².